The van der Waals surface area contributed by atoms with Gasteiger partial charge in [-0.25, -0.2) is 14.4 Å². The summed E-state index contributed by atoms with van der Waals surface area (Å²) in [6.07, 6.45) is -2.80. The molecule has 0 atom stereocenters. The summed E-state index contributed by atoms with van der Waals surface area (Å²) in [6, 6.07) is 2.52. The molecule has 1 aromatic heterocycles. The van der Waals surface area contributed by atoms with E-state index in [1.807, 2.05) is 0 Å². The molecule has 0 aliphatic carbocycles. The number of carbonyl (C=O) groups excluding carboxylic acids is 1. The molecule has 1 aliphatic rings. The number of hydrogen-bond acceptors (Lipinski definition) is 3. The largest absolute Gasteiger partial charge is 0.419 e. The van der Waals surface area contributed by atoms with E-state index in [0.717, 1.165) is 6.07 Å². The van der Waals surface area contributed by atoms with E-state index >= 15 is 0 Å². The predicted octanol–water partition coefficient (Wildman–Crippen LogP) is 2.93. The van der Waals surface area contributed by atoms with Crippen molar-refractivity contribution in [3.05, 3.63) is 47.0 Å². The molecule has 1 aliphatic heterocycles. The molecule has 120 valence electrons. The van der Waals surface area contributed by atoms with Gasteiger partial charge in [0.2, 0.25) is 0 Å². The summed E-state index contributed by atoms with van der Waals surface area (Å²) in [5, 5.41) is 0. The second-order valence-electron chi connectivity index (χ2n) is 5.26. The van der Waals surface area contributed by atoms with Crippen LogP contribution in [0.5, 0.6) is 0 Å². The van der Waals surface area contributed by atoms with Gasteiger partial charge >= 0.3 is 6.18 Å². The molecule has 1 amide bonds. The molecule has 0 bridgehead atoms. The van der Waals surface area contributed by atoms with Gasteiger partial charge in [-0.2, -0.15) is 13.2 Å². The van der Waals surface area contributed by atoms with Gasteiger partial charge < -0.3 is 4.90 Å². The van der Waals surface area contributed by atoms with Crippen LogP contribution in [-0.4, -0.2) is 34.4 Å². The lowest BCUT2D eigenvalue weighted by molar-refractivity contribution is -0.138. The van der Waals surface area contributed by atoms with E-state index < -0.39 is 17.6 Å². The maximum absolute atomic E-state index is 14.2. The van der Waals surface area contributed by atoms with Gasteiger partial charge in [0.05, 0.1) is 11.1 Å². The minimum atomic E-state index is -4.55. The van der Waals surface area contributed by atoms with E-state index in [1.165, 1.54) is 11.0 Å². The summed E-state index contributed by atoms with van der Waals surface area (Å²) >= 11 is 0. The van der Waals surface area contributed by atoms with E-state index in [2.05, 4.69) is 9.97 Å². The molecule has 2 heterocycles. The SMILES string of the molecule is CN1CCc2cc(-c3ncc(C(F)(F)F)cn3)c(F)cc2C1=O. The Balaban J connectivity index is 2.03. The fourth-order valence-corrected chi connectivity index (χ4v) is 2.40. The third-order valence-corrected chi connectivity index (χ3v) is 3.71. The fraction of sp³-hybridized carbons (Fsp3) is 0.267. The number of halogens is 4. The minimum absolute atomic E-state index is 0.0187. The highest BCUT2D eigenvalue weighted by Crippen LogP contribution is 2.30. The van der Waals surface area contributed by atoms with E-state index in [-0.39, 0.29) is 22.9 Å². The van der Waals surface area contributed by atoms with E-state index in [1.54, 1.807) is 7.05 Å². The van der Waals surface area contributed by atoms with Crippen molar-refractivity contribution in [3.8, 4) is 11.4 Å². The Morgan fingerprint density at radius 1 is 1.13 bits per heavy atom. The molecule has 0 unspecified atom stereocenters. The first kappa shape index (κ1) is 15.4. The molecule has 3 rings (SSSR count). The molecule has 0 radical (unpaired) electrons. The van der Waals surface area contributed by atoms with Crippen LogP contribution in [0.25, 0.3) is 11.4 Å². The Bertz CT molecular complexity index is 772. The lowest BCUT2D eigenvalue weighted by atomic mass is 9.96. The van der Waals surface area contributed by atoms with E-state index in [4.69, 9.17) is 0 Å². The quantitative estimate of drug-likeness (QED) is 0.758. The summed E-state index contributed by atoms with van der Waals surface area (Å²) in [5.74, 6) is -1.18. The molecule has 0 spiro atoms. The maximum Gasteiger partial charge on any atom is 0.419 e. The summed E-state index contributed by atoms with van der Waals surface area (Å²) in [7, 11) is 1.62. The van der Waals surface area contributed by atoms with Gasteiger partial charge in [0.25, 0.3) is 5.91 Å². The van der Waals surface area contributed by atoms with Gasteiger partial charge in [0.15, 0.2) is 5.82 Å². The molecule has 8 heteroatoms. The number of fused-ring (bicyclic) bond motifs is 1. The van der Waals surface area contributed by atoms with Crippen LogP contribution in [0.2, 0.25) is 0 Å². The molecular formula is C15H11F4N3O. The molecular weight excluding hydrogens is 314 g/mol. The van der Waals surface area contributed by atoms with Crippen molar-refractivity contribution in [1.82, 2.24) is 14.9 Å². The summed E-state index contributed by atoms with van der Waals surface area (Å²) < 4.78 is 51.8. The fourth-order valence-electron chi connectivity index (χ4n) is 2.40. The lowest BCUT2D eigenvalue weighted by Gasteiger charge is -2.25. The summed E-state index contributed by atoms with van der Waals surface area (Å²) in [6.45, 7) is 0.491. The van der Waals surface area contributed by atoms with Crippen molar-refractivity contribution in [2.24, 2.45) is 0 Å². The standard InChI is InChI=1S/C15H11F4N3O/c1-22-3-2-8-4-11(12(16)5-10(8)14(22)23)13-20-6-9(7-21-13)15(17,18)19/h4-7H,2-3H2,1H3. The normalized spacial score (nSPS) is 14.8. The Hall–Kier alpha value is -2.51. The number of alkyl halides is 3. The summed E-state index contributed by atoms with van der Waals surface area (Å²) in [5.41, 5.74) is -0.133. The zero-order chi connectivity index (χ0) is 16.8. The number of likely N-dealkylation sites (N-methyl/N-ethyl adjacent to an activating group) is 1. The van der Waals surface area contributed by atoms with Crippen LogP contribution in [-0.2, 0) is 12.6 Å². The highest BCUT2D eigenvalue weighted by Gasteiger charge is 2.31. The van der Waals surface area contributed by atoms with Gasteiger partial charge in [0, 0.05) is 31.5 Å². The Morgan fingerprint density at radius 3 is 2.39 bits per heavy atom. The molecule has 23 heavy (non-hydrogen) atoms. The van der Waals surface area contributed by atoms with Crippen LogP contribution >= 0.6 is 0 Å². The number of carbonyl (C=O) groups is 1. The number of nitrogens with zero attached hydrogens (tertiary/aromatic N) is 3. The van der Waals surface area contributed by atoms with Gasteiger partial charge in [-0.15, -0.1) is 0 Å². The first-order valence-corrected chi connectivity index (χ1v) is 6.75. The lowest BCUT2D eigenvalue weighted by Crippen LogP contribution is -2.34. The van der Waals surface area contributed by atoms with Crippen LogP contribution in [0, 0.1) is 5.82 Å². The smallest absolute Gasteiger partial charge is 0.341 e. The zero-order valence-electron chi connectivity index (χ0n) is 12.0. The maximum atomic E-state index is 14.2. The van der Waals surface area contributed by atoms with Crippen LogP contribution in [0.3, 0.4) is 0 Å². The molecule has 2 aromatic rings. The van der Waals surface area contributed by atoms with E-state index in [9.17, 15) is 22.4 Å². The second-order valence-corrected chi connectivity index (χ2v) is 5.26. The first-order valence-electron chi connectivity index (χ1n) is 6.75. The van der Waals surface area contributed by atoms with Gasteiger partial charge in [-0.3, -0.25) is 4.79 Å². The second kappa shape index (κ2) is 5.29. The van der Waals surface area contributed by atoms with Crippen molar-refractivity contribution < 1.29 is 22.4 Å². The van der Waals surface area contributed by atoms with Gasteiger partial charge in [-0.1, -0.05) is 0 Å². The monoisotopic (exact) mass is 325 g/mol. The topological polar surface area (TPSA) is 46.1 Å². The van der Waals surface area contributed by atoms with Gasteiger partial charge in [-0.05, 0) is 24.1 Å². The third-order valence-electron chi connectivity index (χ3n) is 3.71. The average molecular weight is 325 g/mol. The molecule has 0 fully saturated rings. The Kier molecular flexibility index (Phi) is 3.54. The van der Waals surface area contributed by atoms with Crippen molar-refractivity contribution >= 4 is 5.91 Å². The predicted molar refractivity (Wildman–Crippen MR) is 73.1 cm³/mol. The van der Waals surface area contributed by atoms with Crippen LogP contribution in [0.4, 0.5) is 17.6 Å². The van der Waals surface area contributed by atoms with E-state index in [0.29, 0.717) is 30.9 Å². The number of benzene rings is 1. The first-order chi connectivity index (χ1) is 10.8. The minimum Gasteiger partial charge on any atom is -0.341 e. The number of aromatic nitrogens is 2. The molecule has 0 saturated carbocycles. The summed E-state index contributed by atoms with van der Waals surface area (Å²) in [4.78, 5) is 20.6. The van der Waals surface area contributed by atoms with Gasteiger partial charge in [0.1, 0.15) is 5.82 Å². The van der Waals surface area contributed by atoms with Crippen LogP contribution < -0.4 is 0 Å². The molecule has 1 aromatic carbocycles. The Morgan fingerprint density at radius 2 is 1.78 bits per heavy atom. The highest BCUT2D eigenvalue weighted by atomic mass is 19.4. The van der Waals surface area contributed by atoms with Crippen LogP contribution in [0.15, 0.2) is 24.5 Å². The number of amides is 1. The van der Waals surface area contributed by atoms with Crippen molar-refractivity contribution in [1.29, 1.82) is 0 Å². The average Bonchev–Trinajstić information content (AvgIpc) is 2.50. The number of hydrogen-bond donors (Lipinski definition) is 0. The Labute approximate surface area is 128 Å². The van der Waals surface area contributed by atoms with Crippen molar-refractivity contribution in [2.75, 3.05) is 13.6 Å². The van der Waals surface area contributed by atoms with Crippen molar-refractivity contribution in [2.45, 2.75) is 12.6 Å². The third kappa shape index (κ3) is 2.76. The van der Waals surface area contributed by atoms with Crippen molar-refractivity contribution in [3.63, 3.8) is 0 Å². The molecule has 4 nitrogen and oxygen atoms in total. The molecule has 0 saturated heterocycles. The molecule has 0 N–H and O–H groups in total. The van der Waals surface area contributed by atoms with Crippen LogP contribution in [0.1, 0.15) is 21.5 Å². The highest BCUT2D eigenvalue weighted by molar-refractivity contribution is 5.97. The number of rotatable bonds is 1. The zero-order valence-corrected chi connectivity index (χ0v) is 12.0.